The van der Waals surface area contributed by atoms with Crippen LogP contribution in [0.4, 0.5) is 0 Å². The van der Waals surface area contributed by atoms with Crippen LogP contribution in [-0.4, -0.2) is 36.7 Å². The van der Waals surface area contributed by atoms with Gasteiger partial charge in [-0.2, -0.15) is 0 Å². The zero-order valence-corrected chi connectivity index (χ0v) is 13.1. The molecule has 108 valence electrons. The Hall–Kier alpha value is -0.420. The Morgan fingerprint density at radius 2 is 2.32 bits per heavy atom. The average molecular weight is 282 g/mol. The van der Waals surface area contributed by atoms with Crippen LogP contribution in [0, 0.1) is 6.92 Å². The van der Waals surface area contributed by atoms with Crippen molar-refractivity contribution in [2.24, 2.45) is 5.73 Å². The quantitative estimate of drug-likeness (QED) is 0.902. The Kier molecular flexibility index (Phi) is 5.39. The number of aryl methyl sites for hydroxylation is 1. The van der Waals surface area contributed by atoms with Crippen LogP contribution in [0.25, 0.3) is 0 Å². The summed E-state index contributed by atoms with van der Waals surface area (Å²) in [6.07, 6.45) is 2.45. The highest BCUT2D eigenvalue weighted by Gasteiger charge is 2.31. The number of rotatable bonds is 5. The lowest BCUT2D eigenvalue weighted by atomic mass is 9.99. The number of morpholine rings is 1. The largest absolute Gasteiger partial charge is 0.376 e. The van der Waals surface area contributed by atoms with Gasteiger partial charge in [0, 0.05) is 24.0 Å². The lowest BCUT2D eigenvalue weighted by Gasteiger charge is -2.40. The molecule has 1 aliphatic rings. The second-order valence-electron chi connectivity index (χ2n) is 5.38. The summed E-state index contributed by atoms with van der Waals surface area (Å²) < 4.78 is 5.79. The van der Waals surface area contributed by atoms with Crippen LogP contribution in [0.3, 0.4) is 0 Å². The summed E-state index contributed by atoms with van der Waals surface area (Å²) in [6, 6.07) is 2.75. The first-order valence-electron chi connectivity index (χ1n) is 7.32. The summed E-state index contributed by atoms with van der Waals surface area (Å²) in [5.74, 6) is 0. The van der Waals surface area contributed by atoms with E-state index in [2.05, 4.69) is 37.1 Å². The smallest absolute Gasteiger partial charge is 0.0700 e. The van der Waals surface area contributed by atoms with Gasteiger partial charge in [0.1, 0.15) is 0 Å². The molecule has 1 fully saturated rings. The van der Waals surface area contributed by atoms with Crippen molar-refractivity contribution in [2.45, 2.75) is 51.8 Å². The standard InChI is InChI=1S/C15H26N2OS/c1-4-12-10-17(7-8-18-12)14(13(16)5-2)15-11(3)6-9-19-15/h6,9,12-14H,4-5,7-8,10,16H2,1-3H3. The lowest BCUT2D eigenvalue weighted by Crippen LogP contribution is -2.49. The molecule has 3 nitrogen and oxygen atoms in total. The van der Waals surface area contributed by atoms with Crippen molar-refractivity contribution in [3.05, 3.63) is 21.9 Å². The number of thiophene rings is 1. The highest BCUT2D eigenvalue weighted by atomic mass is 32.1. The lowest BCUT2D eigenvalue weighted by molar-refractivity contribution is -0.0482. The van der Waals surface area contributed by atoms with Crippen LogP contribution < -0.4 is 5.73 Å². The number of nitrogens with two attached hydrogens (primary N) is 1. The van der Waals surface area contributed by atoms with E-state index in [1.807, 2.05) is 11.3 Å². The monoisotopic (exact) mass is 282 g/mol. The van der Waals surface area contributed by atoms with E-state index in [9.17, 15) is 0 Å². The van der Waals surface area contributed by atoms with E-state index >= 15 is 0 Å². The fourth-order valence-electron chi connectivity index (χ4n) is 2.78. The first-order valence-corrected chi connectivity index (χ1v) is 8.20. The van der Waals surface area contributed by atoms with E-state index in [-0.39, 0.29) is 6.04 Å². The Labute approximate surface area is 120 Å². The molecular weight excluding hydrogens is 256 g/mol. The molecule has 1 aromatic rings. The van der Waals surface area contributed by atoms with Gasteiger partial charge in [-0.05, 0) is 36.8 Å². The normalized spacial score (nSPS) is 24.3. The Morgan fingerprint density at radius 1 is 1.53 bits per heavy atom. The summed E-state index contributed by atoms with van der Waals surface area (Å²) in [5, 5.41) is 2.18. The number of hydrogen-bond donors (Lipinski definition) is 1. The number of hydrogen-bond acceptors (Lipinski definition) is 4. The van der Waals surface area contributed by atoms with Crippen LogP contribution in [0.2, 0.25) is 0 Å². The molecule has 2 rings (SSSR count). The minimum atomic E-state index is 0.202. The fraction of sp³-hybridized carbons (Fsp3) is 0.733. The maximum atomic E-state index is 6.42. The van der Waals surface area contributed by atoms with Gasteiger partial charge in [0.25, 0.3) is 0 Å². The van der Waals surface area contributed by atoms with Gasteiger partial charge >= 0.3 is 0 Å². The van der Waals surface area contributed by atoms with Crippen molar-refractivity contribution < 1.29 is 4.74 Å². The molecule has 0 bridgehead atoms. The van der Waals surface area contributed by atoms with Crippen molar-refractivity contribution >= 4 is 11.3 Å². The summed E-state index contributed by atoms with van der Waals surface area (Å²) in [6.45, 7) is 9.39. The number of ether oxygens (including phenoxy) is 1. The van der Waals surface area contributed by atoms with Gasteiger partial charge in [-0.1, -0.05) is 13.8 Å². The summed E-state index contributed by atoms with van der Waals surface area (Å²) >= 11 is 1.84. The maximum Gasteiger partial charge on any atom is 0.0700 e. The predicted molar refractivity (Wildman–Crippen MR) is 81.7 cm³/mol. The second-order valence-corrected chi connectivity index (χ2v) is 6.33. The Bertz CT molecular complexity index is 393. The summed E-state index contributed by atoms with van der Waals surface area (Å²) in [4.78, 5) is 3.97. The molecule has 2 heterocycles. The topological polar surface area (TPSA) is 38.5 Å². The summed E-state index contributed by atoms with van der Waals surface area (Å²) in [5.41, 5.74) is 7.79. The van der Waals surface area contributed by atoms with Crippen LogP contribution in [0.15, 0.2) is 11.4 Å². The van der Waals surface area contributed by atoms with E-state index in [1.165, 1.54) is 10.4 Å². The average Bonchev–Trinajstić information content (AvgIpc) is 2.85. The Morgan fingerprint density at radius 3 is 2.89 bits per heavy atom. The van der Waals surface area contributed by atoms with Crippen molar-refractivity contribution in [2.75, 3.05) is 19.7 Å². The van der Waals surface area contributed by atoms with E-state index in [4.69, 9.17) is 10.5 Å². The first kappa shape index (κ1) is 15.0. The fourth-order valence-corrected chi connectivity index (χ4v) is 3.92. The van der Waals surface area contributed by atoms with E-state index < -0.39 is 0 Å². The van der Waals surface area contributed by atoms with Gasteiger partial charge in [-0.15, -0.1) is 11.3 Å². The zero-order chi connectivity index (χ0) is 13.8. The van der Waals surface area contributed by atoms with Crippen molar-refractivity contribution in [3.63, 3.8) is 0 Å². The van der Waals surface area contributed by atoms with Crippen LogP contribution in [0.5, 0.6) is 0 Å². The van der Waals surface area contributed by atoms with E-state index in [0.29, 0.717) is 12.1 Å². The van der Waals surface area contributed by atoms with Gasteiger partial charge < -0.3 is 10.5 Å². The molecule has 2 N–H and O–H groups in total. The molecule has 0 saturated carbocycles. The molecular formula is C15H26N2OS. The summed E-state index contributed by atoms with van der Waals surface area (Å²) in [7, 11) is 0. The first-order chi connectivity index (χ1) is 9.17. The van der Waals surface area contributed by atoms with Crippen molar-refractivity contribution in [1.29, 1.82) is 0 Å². The highest BCUT2D eigenvalue weighted by Crippen LogP contribution is 2.33. The van der Waals surface area contributed by atoms with Gasteiger partial charge in [-0.25, -0.2) is 0 Å². The van der Waals surface area contributed by atoms with Crippen LogP contribution in [0.1, 0.15) is 43.2 Å². The maximum absolute atomic E-state index is 6.42. The van der Waals surface area contributed by atoms with Crippen LogP contribution in [-0.2, 0) is 4.74 Å². The van der Waals surface area contributed by atoms with Gasteiger partial charge in [0.15, 0.2) is 0 Å². The van der Waals surface area contributed by atoms with Gasteiger partial charge in [0.05, 0.1) is 18.8 Å². The Balaban J connectivity index is 2.20. The minimum Gasteiger partial charge on any atom is -0.376 e. The van der Waals surface area contributed by atoms with E-state index in [0.717, 1.165) is 32.5 Å². The number of nitrogens with zero attached hydrogens (tertiary/aromatic N) is 1. The SMILES string of the molecule is CCC1CN(C(c2sccc2C)C(N)CC)CCO1. The van der Waals surface area contributed by atoms with Gasteiger partial charge in [-0.3, -0.25) is 4.90 Å². The third-order valence-corrected chi connectivity index (χ3v) is 5.16. The molecule has 1 aliphatic heterocycles. The zero-order valence-electron chi connectivity index (χ0n) is 12.3. The molecule has 0 spiro atoms. The molecule has 0 aliphatic carbocycles. The molecule has 3 atom stereocenters. The third kappa shape index (κ3) is 3.37. The molecule has 4 heteroatoms. The molecule has 0 radical (unpaired) electrons. The van der Waals surface area contributed by atoms with Crippen molar-refractivity contribution in [3.8, 4) is 0 Å². The molecule has 1 aromatic heterocycles. The highest BCUT2D eigenvalue weighted by molar-refractivity contribution is 7.10. The van der Waals surface area contributed by atoms with Gasteiger partial charge in [0.2, 0.25) is 0 Å². The predicted octanol–water partition coefficient (Wildman–Crippen LogP) is 2.95. The molecule has 1 saturated heterocycles. The molecule has 3 unspecified atom stereocenters. The molecule has 19 heavy (non-hydrogen) atoms. The van der Waals surface area contributed by atoms with Crippen LogP contribution >= 0.6 is 11.3 Å². The molecule has 0 aromatic carbocycles. The molecule has 0 amide bonds. The minimum absolute atomic E-state index is 0.202. The van der Waals surface area contributed by atoms with Crippen molar-refractivity contribution in [1.82, 2.24) is 4.90 Å². The third-order valence-electron chi connectivity index (χ3n) is 4.07. The second kappa shape index (κ2) is 6.84. The van der Waals surface area contributed by atoms with E-state index in [1.54, 1.807) is 0 Å².